The number of benzene rings is 2. The zero-order valence-electron chi connectivity index (χ0n) is 12.4. The molecule has 0 atom stereocenters. The van der Waals surface area contributed by atoms with Crippen molar-refractivity contribution >= 4 is 31.3 Å². The molecule has 0 aliphatic rings. The van der Waals surface area contributed by atoms with E-state index < -0.39 is 9.84 Å². The second-order valence-electron chi connectivity index (χ2n) is 5.30. The molecule has 4 rings (SSSR count). The minimum absolute atomic E-state index is 0.0640. The van der Waals surface area contributed by atoms with Crippen molar-refractivity contribution in [2.45, 2.75) is 9.96 Å². The van der Waals surface area contributed by atoms with Crippen molar-refractivity contribution < 1.29 is 8.42 Å². The van der Waals surface area contributed by atoms with Gasteiger partial charge in [0.05, 0.1) is 5.75 Å². The Kier molecular flexibility index (Phi) is 3.62. The van der Waals surface area contributed by atoms with E-state index in [1.165, 1.54) is 11.3 Å². The Morgan fingerprint density at radius 2 is 1.92 bits per heavy atom. The standard InChI is InChI=1S/C16H12N4O2S2/c21-24(22,15-9-12-5-1-2-7-14(12)23-15)10-11-4-3-6-13(8-11)16-17-19-20-18-16/h1-9H,10H2,(H,17,18,19,20). The molecule has 2 aromatic carbocycles. The Morgan fingerprint density at radius 1 is 1.04 bits per heavy atom. The summed E-state index contributed by atoms with van der Waals surface area (Å²) in [6.45, 7) is 0. The molecule has 0 radical (unpaired) electrons. The summed E-state index contributed by atoms with van der Waals surface area (Å²) in [7, 11) is -3.41. The fourth-order valence-electron chi connectivity index (χ4n) is 2.49. The van der Waals surface area contributed by atoms with Crippen LogP contribution in [0.25, 0.3) is 21.5 Å². The van der Waals surface area contributed by atoms with Crippen LogP contribution in [0.4, 0.5) is 0 Å². The molecule has 4 aromatic rings. The Labute approximate surface area is 142 Å². The number of hydrogen-bond donors (Lipinski definition) is 1. The SMILES string of the molecule is O=S(=O)(Cc1cccc(-c2nn[nH]n2)c1)c1cc2ccccc2s1. The number of sulfone groups is 1. The predicted octanol–water partition coefficient (Wildman–Crippen LogP) is 3.06. The van der Waals surface area contributed by atoms with Gasteiger partial charge in [-0.2, -0.15) is 5.21 Å². The van der Waals surface area contributed by atoms with Gasteiger partial charge >= 0.3 is 0 Å². The van der Waals surface area contributed by atoms with Gasteiger partial charge in [-0.1, -0.05) is 36.4 Å². The molecule has 0 fully saturated rings. The van der Waals surface area contributed by atoms with E-state index in [4.69, 9.17) is 0 Å². The number of nitrogens with zero attached hydrogens (tertiary/aromatic N) is 3. The first kappa shape index (κ1) is 15.0. The lowest BCUT2D eigenvalue weighted by atomic mass is 10.1. The van der Waals surface area contributed by atoms with Crippen LogP contribution >= 0.6 is 11.3 Å². The molecule has 2 heterocycles. The first-order valence-corrected chi connectivity index (χ1v) is 9.63. The maximum absolute atomic E-state index is 12.7. The summed E-state index contributed by atoms with van der Waals surface area (Å²) in [6.07, 6.45) is 0. The van der Waals surface area contributed by atoms with Crippen molar-refractivity contribution in [2.75, 3.05) is 0 Å². The first-order chi connectivity index (χ1) is 11.6. The quantitative estimate of drug-likeness (QED) is 0.607. The third-order valence-corrected chi connectivity index (χ3v) is 6.96. The minimum Gasteiger partial charge on any atom is -0.223 e. The molecular weight excluding hydrogens is 344 g/mol. The smallest absolute Gasteiger partial charge is 0.204 e. The lowest BCUT2D eigenvalue weighted by Crippen LogP contribution is -2.03. The summed E-state index contributed by atoms with van der Waals surface area (Å²) >= 11 is 1.30. The normalized spacial score (nSPS) is 11.8. The summed E-state index contributed by atoms with van der Waals surface area (Å²) < 4.78 is 26.8. The lowest BCUT2D eigenvalue weighted by molar-refractivity contribution is 0.597. The van der Waals surface area contributed by atoms with Gasteiger partial charge in [-0.3, -0.25) is 0 Å². The van der Waals surface area contributed by atoms with E-state index in [-0.39, 0.29) is 5.75 Å². The molecule has 1 N–H and O–H groups in total. The monoisotopic (exact) mass is 356 g/mol. The van der Waals surface area contributed by atoms with Gasteiger partial charge in [0.15, 0.2) is 9.84 Å². The minimum atomic E-state index is -3.41. The number of aromatic amines is 1. The van der Waals surface area contributed by atoms with Gasteiger partial charge in [0, 0.05) is 10.3 Å². The number of aromatic nitrogens is 4. The molecule has 120 valence electrons. The van der Waals surface area contributed by atoms with Gasteiger partial charge in [0.1, 0.15) is 4.21 Å². The van der Waals surface area contributed by atoms with Gasteiger partial charge < -0.3 is 0 Å². The topological polar surface area (TPSA) is 88.6 Å². The first-order valence-electron chi connectivity index (χ1n) is 7.16. The fraction of sp³-hybridized carbons (Fsp3) is 0.0625. The Morgan fingerprint density at radius 3 is 2.71 bits per heavy atom. The third kappa shape index (κ3) is 2.81. The van der Waals surface area contributed by atoms with E-state index in [9.17, 15) is 8.42 Å². The van der Waals surface area contributed by atoms with Crippen LogP contribution in [0.15, 0.2) is 58.8 Å². The third-order valence-electron chi connectivity index (χ3n) is 3.60. The van der Waals surface area contributed by atoms with E-state index in [1.54, 1.807) is 24.3 Å². The van der Waals surface area contributed by atoms with Gasteiger partial charge in [-0.05, 0) is 34.4 Å². The van der Waals surface area contributed by atoms with E-state index in [0.29, 0.717) is 15.6 Å². The highest BCUT2D eigenvalue weighted by atomic mass is 32.2. The van der Waals surface area contributed by atoms with Gasteiger partial charge in [-0.15, -0.1) is 21.5 Å². The number of thiophene rings is 1. The average Bonchev–Trinajstić information content (AvgIpc) is 3.24. The number of nitrogens with one attached hydrogen (secondary N) is 1. The van der Waals surface area contributed by atoms with Gasteiger partial charge in [0.2, 0.25) is 5.82 Å². The Bertz CT molecular complexity index is 1070. The number of fused-ring (bicyclic) bond motifs is 1. The number of tetrazole rings is 1. The summed E-state index contributed by atoms with van der Waals surface area (Å²) in [6, 6.07) is 16.6. The molecule has 0 amide bonds. The van der Waals surface area contributed by atoms with Crippen LogP contribution in [0.3, 0.4) is 0 Å². The molecular formula is C16H12N4O2S2. The van der Waals surface area contributed by atoms with Crippen molar-refractivity contribution in [3.05, 3.63) is 60.2 Å². The number of rotatable bonds is 4. The van der Waals surface area contributed by atoms with Crippen LogP contribution in [0.5, 0.6) is 0 Å². The van der Waals surface area contributed by atoms with Crippen LogP contribution in [-0.4, -0.2) is 29.0 Å². The maximum atomic E-state index is 12.7. The molecule has 0 aliphatic carbocycles. The molecule has 0 saturated carbocycles. The highest BCUT2D eigenvalue weighted by molar-refractivity contribution is 7.92. The highest BCUT2D eigenvalue weighted by Crippen LogP contribution is 2.31. The molecule has 8 heteroatoms. The summed E-state index contributed by atoms with van der Waals surface area (Å²) in [4.78, 5) is 0. The van der Waals surface area contributed by atoms with Gasteiger partial charge in [0.25, 0.3) is 0 Å². The largest absolute Gasteiger partial charge is 0.223 e. The van der Waals surface area contributed by atoms with Crippen molar-refractivity contribution in [2.24, 2.45) is 0 Å². The number of hydrogen-bond acceptors (Lipinski definition) is 6. The summed E-state index contributed by atoms with van der Waals surface area (Å²) in [5.41, 5.74) is 1.42. The Balaban J connectivity index is 1.67. The summed E-state index contributed by atoms with van der Waals surface area (Å²) in [5.74, 6) is 0.377. The van der Waals surface area contributed by atoms with Crippen molar-refractivity contribution in [1.29, 1.82) is 0 Å². The van der Waals surface area contributed by atoms with Crippen LogP contribution in [0.1, 0.15) is 5.56 Å². The maximum Gasteiger partial charge on any atom is 0.204 e. The molecule has 0 aliphatic heterocycles. The van der Waals surface area contributed by atoms with E-state index >= 15 is 0 Å². The van der Waals surface area contributed by atoms with Crippen molar-refractivity contribution in [1.82, 2.24) is 20.6 Å². The number of H-pyrrole nitrogens is 1. The lowest BCUT2D eigenvalue weighted by Gasteiger charge is -2.03. The predicted molar refractivity (Wildman–Crippen MR) is 92.3 cm³/mol. The summed E-state index contributed by atoms with van der Waals surface area (Å²) in [5, 5.41) is 14.7. The van der Waals surface area contributed by atoms with Crippen LogP contribution in [0, 0.1) is 0 Å². The second-order valence-corrected chi connectivity index (χ2v) is 8.60. The highest BCUT2D eigenvalue weighted by Gasteiger charge is 2.19. The van der Waals surface area contributed by atoms with E-state index in [2.05, 4.69) is 20.6 Å². The van der Waals surface area contributed by atoms with Gasteiger partial charge in [-0.25, -0.2) is 8.42 Å². The van der Waals surface area contributed by atoms with Crippen molar-refractivity contribution in [3.8, 4) is 11.4 Å². The fourth-order valence-corrected chi connectivity index (χ4v) is 5.30. The zero-order valence-corrected chi connectivity index (χ0v) is 14.0. The molecule has 2 aromatic heterocycles. The van der Waals surface area contributed by atoms with Crippen LogP contribution in [-0.2, 0) is 15.6 Å². The average molecular weight is 356 g/mol. The van der Waals surface area contributed by atoms with E-state index in [0.717, 1.165) is 15.6 Å². The molecule has 0 unspecified atom stereocenters. The van der Waals surface area contributed by atoms with Crippen molar-refractivity contribution in [3.63, 3.8) is 0 Å². The van der Waals surface area contributed by atoms with Crippen LogP contribution in [0.2, 0.25) is 0 Å². The molecule has 0 spiro atoms. The molecule has 6 nitrogen and oxygen atoms in total. The Hall–Kier alpha value is -2.58. The zero-order chi connectivity index (χ0) is 16.6. The second kappa shape index (κ2) is 5.81. The van der Waals surface area contributed by atoms with E-state index in [1.807, 2.05) is 30.3 Å². The molecule has 0 bridgehead atoms. The molecule has 0 saturated heterocycles. The molecule has 24 heavy (non-hydrogen) atoms. The van der Waals surface area contributed by atoms with Crippen LogP contribution < -0.4 is 0 Å².